The maximum atomic E-state index is 14.3. The lowest BCUT2D eigenvalue weighted by Gasteiger charge is -2.42. The van der Waals surface area contributed by atoms with Crippen molar-refractivity contribution in [3.05, 3.63) is 82.0 Å². The average molecular weight is 653 g/mol. The summed E-state index contributed by atoms with van der Waals surface area (Å²) in [4.78, 5) is 59.5. The van der Waals surface area contributed by atoms with Gasteiger partial charge in [-0.25, -0.2) is 0 Å². The number of benzene rings is 1. The molecule has 2 heterocycles. The molecule has 6 heteroatoms. The second kappa shape index (κ2) is 13.4. The summed E-state index contributed by atoms with van der Waals surface area (Å²) < 4.78 is 0. The SMILES string of the molecule is CC/C(C)=C\CC1C(C)=CC(C)C2C(=O)N(Cc3cccc(CN4C(=O)C5C(C)C=C(C)C(C/C=C(/C)CC)C5(C)C4=O)c3)C(=O)C12C. The van der Waals surface area contributed by atoms with E-state index in [0.29, 0.717) is 0 Å². The number of likely N-dealkylation sites (tertiary alicyclic amines) is 2. The number of allylic oxidation sites excluding steroid dienone is 8. The van der Waals surface area contributed by atoms with Gasteiger partial charge in [-0.3, -0.25) is 29.0 Å². The number of fused-ring (bicyclic) bond motifs is 2. The Morgan fingerprint density at radius 1 is 0.708 bits per heavy atom. The predicted molar refractivity (Wildman–Crippen MR) is 191 cm³/mol. The van der Waals surface area contributed by atoms with E-state index in [1.807, 2.05) is 38.1 Å². The molecule has 2 fully saturated rings. The van der Waals surface area contributed by atoms with Crippen molar-refractivity contribution in [1.82, 2.24) is 9.80 Å². The van der Waals surface area contributed by atoms with Crippen LogP contribution in [-0.4, -0.2) is 33.4 Å². The van der Waals surface area contributed by atoms with Crippen molar-refractivity contribution in [2.75, 3.05) is 0 Å². The van der Waals surface area contributed by atoms with Gasteiger partial charge < -0.3 is 0 Å². The maximum absolute atomic E-state index is 14.3. The molecule has 0 radical (unpaired) electrons. The minimum Gasteiger partial charge on any atom is -0.277 e. The lowest BCUT2D eigenvalue weighted by molar-refractivity contribution is -0.144. The summed E-state index contributed by atoms with van der Waals surface area (Å²) in [5.74, 6) is -1.35. The van der Waals surface area contributed by atoms with Crippen LogP contribution in [0.3, 0.4) is 0 Å². The van der Waals surface area contributed by atoms with Crippen molar-refractivity contribution in [3.8, 4) is 0 Å². The zero-order valence-corrected chi connectivity index (χ0v) is 30.9. The van der Waals surface area contributed by atoms with E-state index in [4.69, 9.17) is 0 Å². The van der Waals surface area contributed by atoms with Crippen molar-refractivity contribution >= 4 is 23.6 Å². The number of nitrogens with zero attached hydrogens (tertiary/aromatic N) is 2. The first-order valence-corrected chi connectivity index (χ1v) is 18.1. The summed E-state index contributed by atoms with van der Waals surface area (Å²) in [5, 5.41) is 0. The fourth-order valence-corrected chi connectivity index (χ4v) is 9.65. The molecule has 8 unspecified atom stereocenters. The van der Waals surface area contributed by atoms with Crippen LogP contribution in [0.1, 0.15) is 106 Å². The largest absolute Gasteiger partial charge is 0.277 e. The van der Waals surface area contributed by atoms with Crippen molar-refractivity contribution in [2.24, 2.45) is 46.3 Å². The second-order valence-corrected chi connectivity index (χ2v) is 15.7. The van der Waals surface area contributed by atoms with Gasteiger partial charge in [-0.1, -0.05) is 98.6 Å². The van der Waals surface area contributed by atoms with E-state index in [0.717, 1.165) is 36.8 Å². The number of hydrogen-bond donors (Lipinski definition) is 0. The quantitative estimate of drug-likeness (QED) is 0.187. The van der Waals surface area contributed by atoms with Gasteiger partial charge in [0.2, 0.25) is 23.6 Å². The number of hydrogen-bond acceptors (Lipinski definition) is 4. The first kappa shape index (κ1) is 35.8. The molecule has 0 spiro atoms. The molecule has 5 rings (SSSR count). The third-order valence-electron chi connectivity index (χ3n) is 12.6. The lowest BCUT2D eigenvalue weighted by atomic mass is 9.58. The van der Waals surface area contributed by atoms with Crippen molar-refractivity contribution in [1.29, 1.82) is 0 Å². The van der Waals surface area contributed by atoms with E-state index in [1.54, 1.807) is 0 Å². The Labute approximate surface area is 288 Å². The predicted octanol–water partition coefficient (Wildman–Crippen LogP) is 8.59. The van der Waals surface area contributed by atoms with E-state index in [9.17, 15) is 19.2 Å². The van der Waals surface area contributed by atoms with Gasteiger partial charge >= 0.3 is 0 Å². The number of imide groups is 2. The highest BCUT2D eigenvalue weighted by Gasteiger charge is 2.64. The van der Waals surface area contributed by atoms with Gasteiger partial charge in [0, 0.05) is 0 Å². The highest BCUT2D eigenvalue weighted by atomic mass is 16.2. The Kier molecular flexibility index (Phi) is 9.98. The minimum absolute atomic E-state index is 0.0295. The highest BCUT2D eigenvalue weighted by molar-refractivity contribution is 6.09. The molecule has 258 valence electrons. The van der Waals surface area contributed by atoms with Crippen molar-refractivity contribution < 1.29 is 19.2 Å². The Hall–Kier alpha value is -3.54. The molecule has 0 aromatic heterocycles. The van der Waals surface area contributed by atoms with Crippen LogP contribution >= 0.6 is 0 Å². The smallest absolute Gasteiger partial charge is 0.236 e. The van der Waals surface area contributed by atoms with Crippen LogP contribution < -0.4 is 0 Å². The fraction of sp³-hybridized carbons (Fsp3) is 0.571. The van der Waals surface area contributed by atoms with Gasteiger partial charge in [-0.05, 0) is 102 Å². The van der Waals surface area contributed by atoms with Crippen molar-refractivity contribution in [2.45, 2.75) is 108 Å². The molecule has 2 saturated heterocycles. The molecular formula is C42H56N2O4. The van der Waals surface area contributed by atoms with Gasteiger partial charge in [0.1, 0.15) is 0 Å². The second-order valence-electron chi connectivity index (χ2n) is 15.7. The summed E-state index contributed by atoms with van der Waals surface area (Å²) in [5.41, 5.74) is 4.96. The van der Waals surface area contributed by atoms with Crippen LogP contribution in [0.5, 0.6) is 0 Å². The zero-order valence-electron chi connectivity index (χ0n) is 30.9. The van der Waals surface area contributed by atoms with Crippen LogP contribution in [0.2, 0.25) is 0 Å². The molecular weight excluding hydrogens is 596 g/mol. The Balaban J connectivity index is 1.38. The van der Waals surface area contributed by atoms with Crippen LogP contribution in [0.4, 0.5) is 0 Å². The Morgan fingerprint density at radius 2 is 1.08 bits per heavy atom. The first-order valence-electron chi connectivity index (χ1n) is 18.1. The van der Waals surface area contributed by atoms with E-state index in [2.05, 4.69) is 79.7 Å². The molecule has 0 N–H and O–H groups in total. The average Bonchev–Trinajstić information content (AvgIpc) is 3.35. The van der Waals surface area contributed by atoms with Gasteiger partial charge in [-0.2, -0.15) is 0 Å². The van der Waals surface area contributed by atoms with Gasteiger partial charge in [0.05, 0.1) is 35.8 Å². The lowest BCUT2D eigenvalue weighted by Crippen LogP contribution is -2.45. The highest BCUT2D eigenvalue weighted by Crippen LogP contribution is 2.56. The molecule has 6 nitrogen and oxygen atoms in total. The summed E-state index contributed by atoms with van der Waals surface area (Å²) >= 11 is 0. The van der Waals surface area contributed by atoms with E-state index in [1.165, 1.54) is 32.1 Å². The number of carbonyl (C=O) groups is 4. The molecule has 1 aromatic carbocycles. The molecule has 1 aromatic rings. The molecule has 48 heavy (non-hydrogen) atoms. The van der Waals surface area contributed by atoms with Crippen LogP contribution in [-0.2, 0) is 32.3 Å². The monoisotopic (exact) mass is 652 g/mol. The summed E-state index contributed by atoms with van der Waals surface area (Å²) in [6.45, 7) is 21.1. The summed E-state index contributed by atoms with van der Waals surface area (Å²) in [6, 6.07) is 7.70. The Bertz CT molecular complexity index is 1510. The fourth-order valence-electron chi connectivity index (χ4n) is 9.65. The third-order valence-corrected chi connectivity index (χ3v) is 12.6. The summed E-state index contributed by atoms with van der Waals surface area (Å²) in [7, 11) is 0. The summed E-state index contributed by atoms with van der Waals surface area (Å²) in [6.07, 6.45) is 12.2. The minimum atomic E-state index is -0.804. The molecule has 8 atom stereocenters. The van der Waals surface area contributed by atoms with Crippen LogP contribution in [0.15, 0.2) is 70.9 Å². The topological polar surface area (TPSA) is 74.8 Å². The molecule has 4 amide bonds. The van der Waals surface area contributed by atoms with Crippen molar-refractivity contribution in [3.63, 3.8) is 0 Å². The first-order chi connectivity index (χ1) is 22.6. The third kappa shape index (κ3) is 5.77. The number of rotatable bonds is 10. The van der Waals surface area contributed by atoms with Gasteiger partial charge in [0.25, 0.3) is 0 Å². The van der Waals surface area contributed by atoms with Gasteiger partial charge in [-0.15, -0.1) is 0 Å². The van der Waals surface area contributed by atoms with E-state index in [-0.39, 0.29) is 60.4 Å². The standard InChI is InChI=1S/C42H56N2O4/c1-11-25(3)16-18-33-27(5)20-29(7)35-37(45)43(39(47)41(33,35)9)23-31-14-13-15-32(22-31)24-44-38(46)36-30(8)21-28(6)34(19-17-26(4)12-2)42(36,10)40(44)48/h13-17,20-22,29-30,33-36H,11-12,18-19,23-24H2,1-10H3/b25-16-,26-17-. The number of amides is 4. The van der Waals surface area contributed by atoms with E-state index >= 15 is 0 Å². The van der Waals surface area contributed by atoms with Gasteiger partial charge in [0.15, 0.2) is 0 Å². The normalized spacial score (nSPS) is 34.0. The molecule has 2 aliphatic carbocycles. The molecule has 0 saturated carbocycles. The van der Waals surface area contributed by atoms with Crippen LogP contribution in [0.25, 0.3) is 0 Å². The Morgan fingerprint density at radius 3 is 1.44 bits per heavy atom. The maximum Gasteiger partial charge on any atom is 0.236 e. The zero-order chi connectivity index (χ0) is 35.3. The van der Waals surface area contributed by atoms with E-state index < -0.39 is 22.7 Å². The molecule has 2 aliphatic heterocycles. The number of carbonyl (C=O) groups excluding carboxylic acids is 4. The molecule has 0 bridgehead atoms. The molecule has 4 aliphatic rings. The van der Waals surface area contributed by atoms with Crippen LogP contribution in [0, 0.1) is 46.3 Å².